The van der Waals surface area contributed by atoms with Gasteiger partial charge in [-0.25, -0.2) is 5.10 Å². The number of nitrogens with zero attached hydrogens (tertiary/aromatic N) is 1. The summed E-state index contributed by atoms with van der Waals surface area (Å²) in [4.78, 5) is 11.0. The second-order valence-electron chi connectivity index (χ2n) is 3.58. The molecule has 1 aromatic heterocycles. The van der Waals surface area contributed by atoms with Gasteiger partial charge in [0.05, 0.1) is 5.69 Å². The van der Waals surface area contributed by atoms with Gasteiger partial charge in [0.1, 0.15) is 5.69 Å². The topological polar surface area (TPSA) is 71.8 Å². The number of thioether (sulfide) groups is 1. The minimum absolute atomic E-state index is 0.264. The number of hydrogen-bond acceptors (Lipinski definition) is 4. The van der Waals surface area contributed by atoms with Crippen LogP contribution < -0.4 is 11.3 Å². The van der Waals surface area contributed by atoms with Gasteiger partial charge in [0.25, 0.3) is 5.56 Å². The summed E-state index contributed by atoms with van der Waals surface area (Å²) in [5.41, 5.74) is 6.37. The van der Waals surface area contributed by atoms with E-state index in [9.17, 15) is 4.79 Å². The van der Waals surface area contributed by atoms with Gasteiger partial charge in [-0.3, -0.25) is 4.79 Å². The Kier molecular flexibility index (Phi) is 2.77. The fraction of sp³-hybridized carbons (Fsp3) is 0.556. The number of nitrogens with two attached hydrogens (primary N) is 1. The maximum absolute atomic E-state index is 11.0. The predicted octanol–water partition coefficient (Wildman–Crippen LogP) is 0.648. The fourth-order valence-corrected chi connectivity index (χ4v) is 2.89. The summed E-state index contributed by atoms with van der Waals surface area (Å²) in [5.74, 6) is 3.13. The molecular formula is C9H13N3OS. The predicted molar refractivity (Wildman–Crippen MR) is 58.4 cm³/mol. The van der Waals surface area contributed by atoms with Crippen LogP contribution in [0.1, 0.15) is 12.1 Å². The van der Waals surface area contributed by atoms with Gasteiger partial charge in [0, 0.05) is 0 Å². The van der Waals surface area contributed by atoms with Crippen molar-refractivity contribution in [3.63, 3.8) is 0 Å². The molecule has 0 radical (unpaired) electrons. The van der Waals surface area contributed by atoms with E-state index in [0.29, 0.717) is 5.92 Å². The largest absolute Gasteiger partial charge is 0.394 e. The van der Waals surface area contributed by atoms with Crippen molar-refractivity contribution in [1.29, 1.82) is 0 Å². The fourth-order valence-electron chi connectivity index (χ4n) is 1.61. The smallest absolute Gasteiger partial charge is 0.287 e. The molecule has 2 heterocycles. The molecule has 1 atom stereocenters. The van der Waals surface area contributed by atoms with Gasteiger partial charge in [0.2, 0.25) is 0 Å². The second kappa shape index (κ2) is 4.04. The van der Waals surface area contributed by atoms with Gasteiger partial charge < -0.3 is 5.73 Å². The Morgan fingerprint density at radius 1 is 1.71 bits per heavy atom. The summed E-state index contributed by atoms with van der Waals surface area (Å²) in [7, 11) is 0. The van der Waals surface area contributed by atoms with E-state index >= 15 is 0 Å². The van der Waals surface area contributed by atoms with Crippen molar-refractivity contribution in [2.24, 2.45) is 5.92 Å². The number of nitrogen functional groups attached to an aromatic ring is 1. The molecule has 2 rings (SSSR count). The molecule has 76 valence electrons. The first-order valence-corrected chi connectivity index (χ1v) is 5.83. The number of aromatic amines is 1. The lowest BCUT2D eigenvalue weighted by atomic mass is 10.0. The highest BCUT2D eigenvalue weighted by Gasteiger charge is 2.16. The molecular weight excluding hydrogens is 198 g/mol. The van der Waals surface area contributed by atoms with Crippen LogP contribution >= 0.6 is 11.8 Å². The van der Waals surface area contributed by atoms with Gasteiger partial charge >= 0.3 is 0 Å². The maximum Gasteiger partial charge on any atom is 0.287 e. The Hall–Kier alpha value is -0.970. The summed E-state index contributed by atoms with van der Waals surface area (Å²) in [6.07, 6.45) is 2.17. The number of H-pyrrole nitrogens is 1. The van der Waals surface area contributed by atoms with Crippen molar-refractivity contribution >= 4 is 17.4 Å². The normalized spacial score (nSPS) is 21.3. The zero-order valence-corrected chi connectivity index (χ0v) is 8.64. The summed E-state index contributed by atoms with van der Waals surface area (Å²) in [6.45, 7) is 0. The molecule has 1 saturated heterocycles. The Morgan fingerprint density at radius 2 is 2.57 bits per heavy atom. The number of anilines is 1. The first kappa shape index (κ1) is 9.58. The van der Waals surface area contributed by atoms with Gasteiger partial charge in [-0.2, -0.15) is 16.9 Å². The highest BCUT2D eigenvalue weighted by molar-refractivity contribution is 7.99. The molecule has 1 aromatic rings. The van der Waals surface area contributed by atoms with Crippen LogP contribution in [0.2, 0.25) is 0 Å². The van der Waals surface area contributed by atoms with Crippen LogP contribution in [-0.4, -0.2) is 21.7 Å². The molecule has 3 N–H and O–H groups in total. The molecule has 0 aromatic carbocycles. The lowest BCUT2D eigenvalue weighted by Gasteiger charge is -2.06. The molecule has 1 unspecified atom stereocenters. The van der Waals surface area contributed by atoms with Crippen molar-refractivity contribution in [3.8, 4) is 0 Å². The van der Waals surface area contributed by atoms with E-state index in [1.54, 1.807) is 6.07 Å². The van der Waals surface area contributed by atoms with E-state index in [2.05, 4.69) is 10.2 Å². The first-order chi connectivity index (χ1) is 6.75. The van der Waals surface area contributed by atoms with E-state index in [0.717, 1.165) is 12.1 Å². The van der Waals surface area contributed by atoms with Crippen molar-refractivity contribution in [3.05, 3.63) is 22.1 Å². The van der Waals surface area contributed by atoms with Crippen LogP contribution in [0, 0.1) is 5.92 Å². The molecule has 0 aliphatic carbocycles. The molecule has 0 spiro atoms. The Bertz CT molecular complexity index is 371. The van der Waals surface area contributed by atoms with Gasteiger partial charge in [-0.1, -0.05) is 0 Å². The molecule has 1 fully saturated rings. The first-order valence-electron chi connectivity index (χ1n) is 4.67. The van der Waals surface area contributed by atoms with E-state index in [4.69, 9.17) is 5.73 Å². The lowest BCUT2D eigenvalue weighted by molar-refractivity contribution is 0.581. The minimum atomic E-state index is -0.297. The monoisotopic (exact) mass is 211 g/mol. The molecule has 5 heteroatoms. The van der Waals surface area contributed by atoms with Crippen LogP contribution in [0.4, 0.5) is 5.69 Å². The zero-order valence-electron chi connectivity index (χ0n) is 7.82. The molecule has 4 nitrogen and oxygen atoms in total. The molecule has 1 aliphatic heterocycles. The number of aromatic nitrogens is 2. The number of hydrogen-bond donors (Lipinski definition) is 2. The summed E-state index contributed by atoms with van der Waals surface area (Å²) >= 11 is 1.98. The number of nitrogens with one attached hydrogen (secondary N) is 1. The highest BCUT2D eigenvalue weighted by atomic mass is 32.2. The second-order valence-corrected chi connectivity index (χ2v) is 4.73. The lowest BCUT2D eigenvalue weighted by Crippen LogP contribution is -2.16. The van der Waals surface area contributed by atoms with Crippen LogP contribution in [0.5, 0.6) is 0 Å². The van der Waals surface area contributed by atoms with Crippen molar-refractivity contribution in [2.45, 2.75) is 12.8 Å². The molecule has 0 amide bonds. The molecule has 14 heavy (non-hydrogen) atoms. The molecule has 0 saturated carbocycles. The quantitative estimate of drug-likeness (QED) is 0.753. The van der Waals surface area contributed by atoms with E-state index < -0.39 is 0 Å². The molecule has 1 aliphatic rings. The Labute approximate surface area is 86.3 Å². The third kappa shape index (κ3) is 2.09. The van der Waals surface area contributed by atoms with Crippen LogP contribution in [-0.2, 0) is 6.42 Å². The van der Waals surface area contributed by atoms with E-state index in [-0.39, 0.29) is 11.2 Å². The maximum atomic E-state index is 11.0. The van der Waals surface area contributed by atoms with Gasteiger partial charge in [-0.15, -0.1) is 0 Å². The SMILES string of the molecule is Nc1cc(CC2CCSC2)n[nH]c1=O. The number of rotatable bonds is 2. The molecule has 0 bridgehead atoms. The van der Waals surface area contributed by atoms with E-state index in [1.807, 2.05) is 11.8 Å². The van der Waals surface area contributed by atoms with Gasteiger partial charge in [0.15, 0.2) is 0 Å². The summed E-state index contributed by atoms with van der Waals surface area (Å²) in [6, 6.07) is 1.68. The summed E-state index contributed by atoms with van der Waals surface area (Å²) < 4.78 is 0. The van der Waals surface area contributed by atoms with Crippen molar-refractivity contribution in [2.75, 3.05) is 17.2 Å². The average Bonchev–Trinajstić information content (AvgIpc) is 2.64. The zero-order chi connectivity index (χ0) is 9.97. The Balaban J connectivity index is 2.09. The van der Waals surface area contributed by atoms with Gasteiger partial charge in [-0.05, 0) is 36.3 Å². The third-order valence-corrected chi connectivity index (χ3v) is 3.64. The standard InChI is InChI=1S/C9H13N3OS/c10-8-4-7(11-12-9(8)13)3-6-1-2-14-5-6/h4,6H,1-3,5H2,(H2,10,11)(H,12,13). The van der Waals surface area contributed by atoms with Crippen molar-refractivity contribution in [1.82, 2.24) is 10.2 Å². The van der Waals surface area contributed by atoms with Crippen molar-refractivity contribution < 1.29 is 0 Å². The van der Waals surface area contributed by atoms with Crippen LogP contribution in [0.15, 0.2) is 10.9 Å². The average molecular weight is 211 g/mol. The highest BCUT2D eigenvalue weighted by Crippen LogP contribution is 2.25. The van der Waals surface area contributed by atoms with Crippen LogP contribution in [0.3, 0.4) is 0 Å². The van der Waals surface area contributed by atoms with E-state index in [1.165, 1.54) is 17.9 Å². The Morgan fingerprint density at radius 3 is 3.21 bits per heavy atom. The minimum Gasteiger partial charge on any atom is -0.394 e. The summed E-state index contributed by atoms with van der Waals surface area (Å²) in [5, 5.41) is 6.38. The van der Waals surface area contributed by atoms with Crippen LogP contribution in [0.25, 0.3) is 0 Å². The third-order valence-electron chi connectivity index (χ3n) is 2.41.